The minimum atomic E-state index is -0.182. The van der Waals surface area contributed by atoms with Gasteiger partial charge in [-0.2, -0.15) is 0 Å². The Morgan fingerprint density at radius 3 is 2.38 bits per heavy atom. The Kier molecular flexibility index (Phi) is 6.96. The van der Waals surface area contributed by atoms with Gasteiger partial charge in [0.15, 0.2) is 0 Å². The first kappa shape index (κ1) is 17.2. The van der Waals surface area contributed by atoms with E-state index in [0.29, 0.717) is 5.92 Å². The zero-order valence-electron chi connectivity index (χ0n) is 13.3. The highest BCUT2D eigenvalue weighted by molar-refractivity contribution is 5.91. The molecule has 21 heavy (non-hydrogen) atoms. The summed E-state index contributed by atoms with van der Waals surface area (Å²) in [4.78, 5) is 13.9. The maximum absolute atomic E-state index is 11.8. The molecule has 2 N–H and O–H groups in total. The number of aliphatic hydroxyl groups is 1. The van der Waals surface area contributed by atoms with Crippen LogP contribution in [0, 0.1) is 5.92 Å². The van der Waals surface area contributed by atoms with Crippen LogP contribution in [0.3, 0.4) is 0 Å². The van der Waals surface area contributed by atoms with E-state index >= 15 is 0 Å². The molecule has 1 aromatic carbocycles. The molecular weight excluding hydrogens is 264 g/mol. The topological polar surface area (TPSA) is 52.6 Å². The van der Waals surface area contributed by atoms with Crippen LogP contribution in [0.5, 0.6) is 0 Å². The maximum atomic E-state index is 11.8. The number of rotatable bonds is 7. The van der Waals surface area contributed by atoms with Crippen LogP contribution >= 0.6 is 0 Å². The standard InChI is InChI=1S/C17H26N2O2/c1-13(2)11-15(12-20)18-17(21)10-7-14-5-8-16(9-6-14)19(3)4/h5-10,13,15,20H,11-12H2,1-4H3,(H,18,21)/b10-7+. The van der Waals surface area contributed by atoms with E-state index in [0.717, 1.165) is 17.7 Å². The summed E-state index contributed by atoms with van der Waals surface area (Å²) in [5.74, 6) is 0.261. The van der Waals surface area contributed by atoms with Crippen molar-refractivity contribution in [2.24, 2.45) is 5.92 Å². The van der Waals surface area contributed by atoms with Gasteiger partial charge in [-0.05, 0) is 36.1 Å². The van der Waals surface area contributed by atoms with Crippen LogP contribution in [0.4, 0.5) is 5.69 Å². The number of amides is 1. The first-order valence-electron chi connectivity index (χ1n) is 7.29. The number of aliphatic hydroxyl groups excluding tert-OH is 1. The van der Waals surface area contributed by atoms with Crippen molar-refractivity contribution < 1.29 is 9.90 Å². The van der Waals surface area contributed by atoms with Crippen LogP contribution in [0.1, 0.15) is 25.8 Å². The molecule has 0 spiro atoms. The van der Waals surface area contributed by atoms with E-state index in [4.69, 9.17) is 0 Å². The summed E-state index contributed by atoms with van der Waals surface area (Å²) in [6.45, 7) is 4.10. The molecule has 1 amide bonds. The fourth-order valence-electron chi connectivity index (χ4n) is 2.05. The molecule has 0 fully saturated rings. The smallest absolute Gasteiger partial charge is 0.244 e. The average molecular weight is 290 g/mol. The van der Waals surface area contributed by atoms with Crippen molar-refractivity contribution in [3.8, 4) is 0 Å². The first-order chi connectivity index (χ1) is 9.92. The second kappa shape index (κ2) is 8.47. The molecule has 1 rings (SSSR count). The molecule has 4 heteroatoms. The van der Waals surface area contributed by atoms with Gasteiger partial charge in [0.25, 0.3) is 0 Å². The Hall–Kier alpha value is -1.81. The molecule has 0 bridgehead atoms. The van der Waals surface area contributed by atoms with Crippen LogP contribution in [-0.4, -0.2) is 37.8 Å². The summed E-state index contributed by atoms with van der Waals surface area (Å²) in [5.41, 5.74) is 2.09. The minimum Gasteiger partial charge on any atom is -0.394 e. The van der Waals surface area contributed by atoms with Gasteiger partial charge in [0, 0.05) is 25.9 Å². The van der Waals surface area contributed by atoms with E-state index in [1.807, 2.05) is 43.3 Å². The highest BCUT2D eigenvalue weighted by atomic mass is 16.3. The Balaban J connectivity index is 2.56. The van der Waals surface area contributed by atoms with Crippen molar-refractivity contribution in [1.82, 2.24) is 5.32 Å². The SMILES string of the molecule is CC(C)CC(CO)NC(=O)/C=C/c1ccc(N(C)C)cc1. The van der Waals surface area contributed by atoms with Crippen molar-refractivity contribution in [3.05, 3.63) is 35.9 Å². The second-order valence-electron chi connectivity index (χ2n) is 5.84. The highest BCUT2D eigenvalue weighted by Gasteiger charge is 2.11. The van der Waals surface area contributed by atoms with Gasteiger partial charge < -0.3 is 15.3 Å². The van der Waals surface area contributed by atoms with E-state index in [-0.39, 0.29) is 18.6 Å². The lowest BCUT2D eigenvalue weighted by Gasteiger charge is -2.17. The normalized spacial score (nSPS) is 12.7. The number of nitrogens with zero attached hydrogens (tertiary/aromatic N) is 1. The van der Waals surface area contributed by atoms with Gasteiger partial charge in [0.1, 0.15) is 0 Å². The lowest BCUT2D eigenvalue weighted by molar-refractivity contribution is -0.117. The Bertz CT molecular complexity index is 464. The molecular formula is C17H26N2O2. The maximum Gasteiger partial charge on any atom is 0.244 e. The summed E-state index contributed by atoms with van der Waals surface area (Å²) in [6.07, 6.45) is 4.06. The van der Waals surface area contributed by atoms with Crippen LogP contribution in [0.25, 0.3) is 6.08 Å². The van der Waals surface area contributed by atoms with E-state index in [2.05, 4.69) is 19.2 Å². The largest absolute Gasteiger partial charge is 0.394 e. The predicted molar refractivity (Wildman–Crippen MR) is 88.3 cm³/mol. The molecule has 116 valence electrons. The van der Waals surface area contributed by atoms with E-state index < -0.39 is 0 Å². The lowest BCUT2D eigenvalue weighted by Crippen LogP contribution is -2.37. The fourth-order valence-corrected chi connectivity index (χ4v) is 2.05. The second-order valence-corrected chi connectivity index (χ2v) is 5.84. The van der Waals surface area contributed by atoms with Crippen LogP contribution in [0.15, 0.2) is 30.3 Å². The number of carbonyl (C=O) groups excluding carboxylic acids is 1. The Morgan fingerprint density at radius 1 is 1.29 bits per heavy atom. The number of anilines is 1. The van der Waals surface area contributed by atoms with E-state index in [9.17, 15) is 9.90 Å². The zero-order valence-corrected chi connectivity index (χ0v) is 13.3. The van der Waals surface area contributed by atoms with Gasteiger partial charge in [-0.25, -0.2) is 0 Å². The van der Waals surface area contributed by atoms with E-state index in [1.165, 1.54) is 6.08 Å². The minimum absolute atomic E-state index is 0.0324. The fraction of sp³-hybridized carbons (Fsp3) is 0.471. The molecule has 0 aliphatic heterocycles. The number of nitrogens with one attached hydrogen (secondary N) is 1. The average Bonchev–Trinajstić information content (AvgIpc) is 2.44. The van der Waals surface area contributed by atoms with Gasteiger partial charge in [-0.15, -0.1) is 0 Å². The molecule has 0 saturated carbocycles. The van der Waals surface area contributed by atoms with Crippen molar-refractivity contribution in [1.29, 1.82) is 0 Å². The van der Waals surface area contributed by atoms with Gasteiger partial charge in [-0.1, -0.05) is 26.0 Å². The van der Waals surface area contributed by atoms with Gasteiger partial charge in [0.2, 0.25) is 5.91 Å². The molecule has 4 nitrogen and oxygen atoms in total. The predicted octanol–water partition coefficient (Wildman–Crippen LogP) is 2.29. The van der Waals surface area contributed by atoms with Crippen molar-refractivity contribution in [2.45, 2.75) is 26.3 Å². The van der Waals surface area contributed by atoms with Gasteiger partial charge in [-0.3, -0.25) is 4.79 Å². The molecule has 0 radical (unpaired) electrons. The molecule has 0 heterocycles. The molecule has 1 aromatic rings. The summed E-state index contributed by atoms with van der Waals surface area (Å²) < 4.78 is 0. The monoisotopic (exact) mass is 290 g/mol. The molecule has 1 atom stereocenters. The van der Waals surface area contributed by atoms with Gasteiger partial charge in [0.05, 0.1) is 12.6 Å². The van der Waals surface area contributed by atoms with Crippen LogP contribution in [0.2, 0.25) is 0 Å². The quantitative estimate of drug-likeness (QED) is 0.758. The summed E-state index contributed by atoms with van der Waals surface area (Å²) in [6, 6.07) is 7.77. The Morgan fingerprint density at radius 2 is 1.90 bits per heavy atom. The van der Waals surface area contributed by atoms with Gasteiger partial charge >= 0.3 is 0 Å². The molecule has 1 unspecified atom stereocenters. The summed E-state index contributed by atoms with van der Waals surface area (Å²) in [7, 11) is 3.98. The van der Waals surface area contributed by atoms with Crippen LogP contribution < -0.4 is 10.2 Å². The zero-order chi connectivity index (χ0) is 15.8. The third kappa shape index (κ3) is 6.45. The van der Waals surface area contributed by atoms with Crippen molar-refractivity contribution >= 4 is 17.7 Å². The third-order valence-corrected chi connectivity index (χ3v) is 3.16. The third-order valence-electron chi connectivity index (χ3n) is 3.16. The molecule has 0 aliphatic rings. The number of benzene rings is 1. The van der Waals surface area contributed by atoms with Crippen molar-refractivity contribution in [2.75, 3.05) is 25.6 Å². The van der Waals surface area contributed by atoms with Crippen LogP contribution in [-0.2, 0) is 4.79 Å². The highest BCUT2D eigenvalue weighted by Crippen LogP contribution is 2.13. The number of hydrogen-bond acceptors (Lipinski definition) is 3. The molecule has 0 aromatic heterocycles. The van der Waals surface area contributed by atoms with E-state index in [1.54, 1.807) is 6.08 Å². The summed E-state index contributed by atoms with van der Waals surface area (Å²) >= 11 is 0. The lowest BCUT2D eigenvalue weighted by atomic mass is 10.0. The summed E-state index contributed by atoms with van der Waals surface area (Å²) in [5, 5.41) is 12.1. The molecule has 0 aliphatic carbocycles. The number of hydrogen-bond donors (Lipinski definition) is 2. The number of carbonyl (C=O) groups is 1. The van der Waals surface area contributed by atoms with Crippen molar-refractivity contribution in [3.63, 3.8) is 0 Å². The molecule has 0 saturated heterocycles. The first-order valence-corrected chi connectivity index (χ1v) is 7.29. The Labute approximate surface area is 127 Å².